The van der Waals surface area contributed by atoms with Crippen molar-refractivity contribution in [2.45, 2.75) is 30.2 Å². The lowest BCUT2D eigenvalue weighted by molar-refractivity contribution is -0.148. The number of sulfonamides is 1. The first-order chi connectivity index (χ1) is 10.8. The van der Waals surface area contributed by atoms with E-state index >= 15 is 0 Å². The van der Waals surface area contributed by atoms with Gasteiger partial charge in [-0.2, -0.15) is 0 Å². The number of likely N-dealkylation sites (tertiary alicyclic amines) is 1. The molecule has 1 aliphatic heterocycles. The number of carbonyl (C=O) groups excluding carboxylic acids is 1. The summed E-state index contributed by atoms with van der Waals surface area (Å²) >= 11 is 0. The van der Waals surface area contributed by atoms with Gasteiger partial charge in [-0.25, -0.2) is 22.3 Å². The largest absolute Gasteiger partial charge is 0.480 e. The lowest BCUT2D eigenvalue weighted by Gasteiger charge is -2.21. The number of nitrogens with one attached hydrogen (secondary N) is 1. The zero-order chi connectivity index (χ0) is 17.0. The maximum Gasteiger partial charge on any atom is 0.326 e. The number of carbonyl (C=O) groups is 2. The molecule has 1 atom stereocenters. The van der Waals surface area contributed by atoms with Crippen molar-refractivity contribution in [1.82, 2.24) is 9.62 Å². The number of benzene rings is 1. The molecule has 126 valence electrons. The molecule has 1 aromatic carbocycles. The van der Waals surface area contributed by atoms with E-state index < -0.39 is 33.8 Å². The highest BCUT2D eigenvalue weighted by atomic mass is 32.2. The van der Waals surface area contributed by atoms with E-state index in [9.17, 15) is 22.4 Å². The predicted octanol–water partition coefficient (Wildman–Crippen LogP) is 0.570. The van der Waals surface area contributed by atoms with E-state index in [1.165, 1.54) is 4.90 Å². The summed E-state index contributed by atoms with van der Waals surface area (Å²) < 4.78 is 39.0. The summed E-state index contributed by atoms with van der Waals surface area (Å²) in [5, 5.41) is 9.02. The van der Waals surface area contributed by atoms with Crippen LogP contribution < -0.4 is 4.72 Å². The number of rotatable bonds is 6. The molecule has 1 heterocycles. The average molecular weight is 344 g/mol. The zero-order valence-electron chi connectivity index (χ0n) is 12.2. The fourth-order valence-electron chi connectivity index (χ4n) is 2.45. The fourth-order valence-corrected chi connectivity index (χ4v) is 3.49. The van der Waals surface area contributed by atoms with Gasteiger partial charge < -0.3 is 10.0 Å². The smallest absolute Gasteiger partial charge is 0.326 e. The van der Waals surface area contributed by atoms with Crippen molar-refractivity contribution in [3.8, 4) is 0 Å². The van der Waals surface area contributed by atoms with E-state index in [4.69, 9.17) is 5.11 Å². The maximum atomic E-state index is 12.8. The highest BCUT2D eigenvalue weighted by Gasteiger charge is 2.33. The molecule has 1 saturated heterocycles. The molecule has 0 radical (unpaired) electrons. The Morgan fingerprint density at radius 3 is 2.57 bits per heavy atom. The van der Waals surface area contributed by atoms with E-state index in [0.717, 1.165) is 24.3 Å². The van der Waals surface area contributed by atoms with Crippen LogP contribution in [0.5, 0.6) is 0 Å². The summed E-state index contributed by atoms with van der Waals surface area (Å²) in [6.07, 6.45) is 0.886. The van der Waals surface area contributed by atoms with Gasteiger partial charge in [0.25, 0.3) is 0 Å². The Kier molecular flexibility index (Phi) is 5.32. The van der Waals surface area contributed by atoms with E-state index in [2.05, 4.69) is 4.72 Å². The number of nitrogens with zero attached hydrogens (tertiary/aromatic N) is 1. The molecule has 1 aliphatic rings. The van der Waals surface area contributed by atoms with Crippen molar-refractivity contribution >= 4 is 21.9 Å². The molecule has 2 rings (SSSR count). The summed E-state index contributed by atoms with van der Waals surface area (Å²) in [4.78, 5) is 24.2. The Balaban J connectivity index is 1.90. The average Bonchev–Trinajstić information content (AvgIpc) is 2.97. The van der Waals surface area contributed by atoms with E-state index in [-0.39, 0.29) is 17.9 Å². The van der Waals surface area contributed by atoms with Gasteiger partial charge in [-0.15, -0.1) is 0 Å². The van der Waals surface area contributed by atoms with E-state index in [1.807, 2.05) is 0 Å². The molecule has 0 bridgehead atoms. The first kappa shape index (κ1) is 17.4. The number of amides is 1. The number of carboxylic acids is 1. The van der Waals surface area contributed by atoms with Gasteiger partial charge in [-0.3, -0.25) is 4.79 Å². The second-order valence-corrected chi connectivity index (χ2v) is 6.95. The Hall–Kier alpha value is -2.00. The third-order valence-electron chi connectivity index (χ3n) is 3.61. The van der Waals surface area contributed by atoms with Crippen LogP contribution >= 0.6 is 0 Å². The summed E-state index contributed by atoms with van der Waals surface area (Å²) in [6, 6.07) is 3.47. The lowest BCUT2D eigenvalue weighted by Crippen LogP contribution is -2.41. The van der Waals surface area contributed by atoms with Gasteiger partial charge in [0.15, 0.2) is 0 Å². The fraction of sp³-hybridized carbons (Fsp3) is 0.429. The minimum atomic E-state index is -3.83. The SMILES string of the molecule is O=C(O)[C@@H]1CCCN1C(=O)CCNS(=O)(=O)c1ccc(F)cc1. The summed E-state index contributed by atoms with van der Waals surface area (Å²) in [7, 11) is -3.83. The number of hydrogen-bond donors (Lipinski definition) is 2. The minimum Gasteiger partial charge on any atom is -0.480 e. The van der Waals surface area contributed by atoms with Crippen LogP contribution in [0.25, 0.3) is 0 Å². The number of halogens is 1. The third-order valence-corrected chi connectivity index (χ3v) is 5.09. The van der Waals surface area contributed by atoms with Gasteiger partial charge >= 0.3 is 5.97 Å². The molecular weight excluding hydrogens is 327 g/mol. The Morgan fingerprint density at radius 1 is 1.30 bits per heavy atom. The number of aliphatic carboxylic acids is 1. The lowest BCUT2D eigenvalue weighted by atomic mass is 10.2. The van der Waals surface area contributed by atoms with Gasteiger partial charge in [0.2, 0.25) is 15.9 Å². The Morgan fingerprint density at radius 2 is 1.96 bits per heavy atom. The van der Waals surface area contributed by atoms with Crippen molar-refractivity contribution in [2.24, 2.45) is 0 Å². The van der Waals surface area contributed by atoms with Crippen LogP contribution in [0.15, 0.2) is 29.2 Å². The van der Waals surface area contributed by atoms with Gasteiger partial charge in [-0.05, 0) is 37.1 Å². The monoisotopic (exact) mass is 344 g/mol. The Bertz CT molecular complexity index is 690. The van der Waals surface area contributed by atoms with Gasteiger partial charge in [0.1, 0.15) is 11.9 Å². The van der Waals surface area contributed by atoms with Crippen LogP contribution in [0.4, 0.5) is 4.39 Å². The van der Waals surface area contributed by atoms with Crippen molar-refractivity contribution in [3.05, 3.63) is 30.1 Å². The topological polar surface area (TPSA) is 104 Å². The summed E-state index contributed by atoms with van der Waals surface area (Å²) in [5.74, 6) is -2.01. The molecule has 7 nitrogen and oxygen atoms in total. The molecule has 1 aromatic rings. The van der Waals surface area contributed by atoms with Crippen LogP contribution in [-0.2, 0) is 19.6 Å². The van der Waals surface area contributed by atoms with Crippen LogP contribution in [-0.4, -0.2) is 49.4 Å². The standard InChI is InChI=1S/C14H17FN2O5S/c15-10-3-5-11(6-4-10)23(21,22)16-8-7-13(18)17-9-1-2-12(17)14(19)20/h3-6,12,16H,1-2,7-9H2,(H,19,20)/t12-/m0/s1. The van der Waals surface area contributed by atoms with E-state index in [1.54, 1.807) is 0 Å². The normalized spacial score (nSPS) is 18.1. The van der Waals surface area contributed by atoms with Gasteiger partial charge in [-0.1, -0.05) is 0 Å². The maximum absolute atomic E-state index is 12.8. The first-order valence-electron chi connectivity index (χ1n) is 7.09. The molecule has 2 N–H and O–H groups in total. The molecule has 0 spiro atoms. The molecule has 0 aromatic heterocycles. The molecule has 0 saturated carbocycles. The summed E-state index contributed by atoms with van der Waals surface area (Å²) in [5.41, 5.74) is 0. The van der Waals surface area contributed by atoms with Crippen LogP contribution in [0.1, 0.15) is 19.3 Å². The van der Waals surface area contributed by atoms with Crippen LogP contribution in [0.3, 0.4) is 0 Å². The van der Waals surface area contributed by atoms with Crippen LogP contribution in [0.2, 0.25) is 0 Å². The molecule has 0 unspecified atom stereocenters. The van der Waals surface area contributed by atoms with E-state index in [0.29, 0.717) is 19.4 Å². The number of hydrogen-bond acceptors (Lipinski definition) is 4. The highest BCUT2D eigenvalue weighted by Crippen LogP contribution is 2.18. The molecule has 23 heavy (non-hydrogen) atoms. The third kappa shape index (κ3) is 4.26. The second-order valence-electron chi connectivity index (χ2n) is 5.19. The highest BCUT2D eigenvalue weighted by molar-refractivity contribution is 7.89. The molecular formula is C14H17FN2O5S. The van der Waals surface area contributed by atoms with Crippen molar-refractivity contribution in [2.75, 3.05) is 13.1 Å². The van der Waals surface area contributed by atoms with Crippen LogP contribution in [0, 0.1) is 5.82 Å². The van der Waals surface area contributed by atoms with Crippen molar-refractivity contribution in [1.29, 1.82) is 0 Å². The number of carboxylic acid groups (broad SMARTS) is 1. The van der Waals surface area contributed by atoms with Crippen molar-refractivity contribution < 1.29 is 27.5 Å². The zero-order valence-corrected chi connectivity index (χ0v) is 13.1. The Labute approximate surface area is 133 Å². The second kappa shape index (κ2) is 7.05. The minimum absolute atomic E-state index is 0.101. The molecule has 9 heteroatoms. The quantitative estimate of drug-likeness (QED) is 0.785. The molecule has 0 aliphatic carbocycles. The molecule has 1 fully saturated rings. The summed E-state index contributed by atoms with van der Waals surface area (Å²) in [6.45, 7) is 0.210. The predicted molar refractivity (Wildman–Crippen MR) is 78.6 cm³/mol. The molecule has 1 amide bonds. The van der Waals surface area contributed by atoms with Gasteiger partial charge in [0.05, 0.1) is 4.90 Å². The van der Waals surface area contributed by atoms with Crippen molar-refractivity contribution in [3.63, 3.8) is 0 Å². The first-order valence-corrected chi connectivity index (χ1v) is 8.57. The van der Waals surface area contributed by atoms with Gasteiger partial charge in [0, 0.05) is 19.5 Å².